The van der Waals surface area contributed by atoms with E-state index >= 15 is 0 Å². The minimum absolute atomic E-state index is 0.143. The fourth-order valence-corrected chi connectivity index (χ4v) is 2.46. The van der Waals surface area contributed by atoms with Crippen LogP contribution in [-0.4, -0.2) is 60.5 Å². The molecule has 0 saturated carbocycles. The normalized spacial score (nSPS) is 12.4. The largest absolute Gasteiger partial charge is 0.396 e. The highest BCUT2D eigenvalue weighted by Crippen LogP contribution is 2.13. The number of aliphatic hydroxyl groups is 1. The van der Waals surface area contributed by atoms with E-state index in [9.17, 15) is 5.11 Å². The lowest BCUT2D eigenvalue weighted by Crippen LogP contribution is -2.25. The Kier molecular flexibility index (Phi) is 10.5. The topological polar surface area (TPSA) is 60.8 Å². The predicted octanol–water partition coefficient (Wildman–Crippen LogP) is 2.73. The van der Waals surface area contributed by atoms with Crippen LogP contribution in [0.3, 0.4) is 0 Å². The highest BCUT2D eigenvalue weighted by molar-refractivity contribution is 5.79. The quantitative estimate of drug-likeness (QED) is 0.425. The molecule has 0 aliphatic rings. The van der Waals surface area contributed by atoms with Crippen molar-refractivity contribution in [2.24, 2.45) is 10.4 Å². The van der Waals surface area contributed by atoms with Crippen LogP contribution in [0.5, 0.6) is 0 Å². The summed E-state index contributed by atoms with van der Waals surface area (Å²) in [6.07, 6.45) is 6.12. The third-order valence-electron chi connectivity index (χ3n) is 4.31. The molecular weight excluding hydrogens is 312 g/mol. The lowest BCUT2D eigenvalue weighted by atomic mass is 9.95. The van der Waals surface area contributed by atoms with Gasteiger partial charge in [0.1, 0.15) is 0 Å². The Morgan fingerprint density at radius 3 is 2.72 bits per heavy atom. The zero-order valence-corrected chi connectivity index (χ0v) is 16.5. The number of hydrogen-bond acceptors (Lipinski definition) is 5. The Hall–Kier alpha value is -1.30. The number of aromatic nitrogens is 1. The first-order valence-corrected chi connectivity index (χ1v) is 9.49. The molecule has 1 aromatic rings. The summed E-state index contributed by atoms with van der Waals surface area (Å²) < 4.78 is 0. The van der Waals surface area contributed by atoms with Gasteiger partial charge in [-0.15, -0.1) is 0 Å². The van der Waals surface area contributed by atoms with E-state index in [-0.39, 0.29) is 12.0 Å². The smallest absolute Gasteiger partial charge is 0.0548 e. The highest BCUT2D eigenvalue weighted by Gasteiger charge is 2.14. The van der Waals surface area contributed by atoms with Crippen molar-refractivity contribution in [1.29, 1.82) is 0 Å². The van der Waals surface area contributed by atoms with Gasteiger partial charge in [0.2, 0.25) is 0 Å². The fraction of sp³-hybridized carbons (Fsp3) is 0.700. The van der Waals surface area contributed by atoms with Crippen LogP contribution in [0.25, 0.3) is 0 Å². The Morgan fingerprint density at radius 2 is 2.04 bits per heavy atom. The molecule has 0 atom stereocenters. The summed E-state index contributed by atoms with van der Waals surface area (Å²) in [6.45, 7) is 14.5. The van der Waals surface area contributed by atoms with Crippen LogP contribution in [0.4, 0.5) is 0 Å². The summed E-state index contributed by atoms with van der Waals surface area (Å²) in [5, 5.41) is 12.7. The molecule has 0 amide bonds. The number of nitrogens with zero attached hydrogens (tertiary/aromatic N) is 3. The number of unbranched alkanes of at least 4 members (excludes halogenated alkanes) is 1. The van der Waals surface area contributed by atoms with Gasteiger partial charge in [-0.2, -0.15) is 0 Å². The first-order valence-electron chi connectivity index (χ1n) is 9.49. The molecule has 142 valence electrons. The summed E-state index contributed by atoms with van der Waals surface area (Å²) in [5.74, 6) is 0. The van der Waals surface area contributed by atoms with Crippen molar-refractivity contribution in [3.05, 3.63) is 29.6 Å². The van der Waals surface area contributed by atoms with E-state index in [0.29, 0.717) is 6.54 Å². The standard InChI is InChI=1S/C20H36N4O/c1-5-24(6-2)12-8-7-10-21-15-19-13-18(9-11-23-19)14-22-16-20(3,4)17-25/h9,11,13-14,21,25H,5-8,10,12,15-17H2,1-4H3. The Labute approximate surface area is 153 Å². The van der Waals surface area contributed by atoms with Crippen molar-refractivity contribution in [2.75, 3.05) is 39.3 Å². The number of aliphatic imine (C=N–C) groups is 1. The predicted molar refractivity (Wildman–Crippen MR) is 106 cm³/mol. The summed E-state index contributed by atoms with van der Waals surface area (Å²) in [6, 6.07) is 4.03. The molecule has 25 heavy (non-hydrogen) atoms. The minimum atomic E-state index is -0.168. The maximum Gasteiger partial charge on any atom is 0.0548 e. The lowest BCUT2D eigenvalue weighted by Gasteiger charge is -2.17. The van der Waals surface area contributed by atoms with E-state index < -0.39 is 0 Å². The summed E-state index contributed by atoms with van der Waals surface area (Å²) in [5.41, 5.74) is 1.93. The van der Waals surface area contributed by atoms with Crippen molar-refractivity contribution in [1.82, 2.24) is 15.2 Å². The van der Waals surface area contributed by atoms with Gasteiger partial charge in [0.25, 0.3) is 0 Å². The summed E-state index contributed by atoms with van der Waals surface area (Å²) in [4.78, 5) is 11.3. The van der Waals surface area contributed by atoms with Crippen LogP contribution in [0.1, 0.15) is 51.8 Å². The molecule has 0 aliphatic carbocycles. The van der Waals surface area contributed by atoms with E-state index in [0.717, 1.165) is 37.4 Å². The van der Waals surface area contributed by atoms with Crippen LogP contribution in [0.2, 0.25) is 0 Å². The molecular formula is C20H36N4O. The van der Waals surface area contributed by atoms with E-state index in [1.165, 1.54) is 19.4 Å². The van der Waals surface area contributed by atoms with Gasteiger partial charge in [-0.25, -0.2) is 0 Å². The maximum absolute atomic E-state index is 9.26. The van der Waals surface area contributed by atoms with Gasteiger partial charge in [0.05, 0.1) is 5.69 Å². The highest BCUT2D eigenvalue weighted by atomic mass is 16.3. The van der Waals surface area contributed by atoms with Gasteiger partial charge in [0.15, 0.2) is 0 Å². The SMILES string of the molecule is CCN(CC)CCCCNCc1cc(C=NCC(C)(C)CO)ccn1. The maximum atomic E-state index is 9.26. The van der Waals surface area contributed by atoms with Crippen LogP contribution in [0.15, 0.2) is 23.3 Å². The van der Waals surface area contributed by atoms with Crippen molar-refractivity contribution in [3.8, 4) is 0 Å². The number of hydrogen-bond donors (Lipinski definition) is 2. The molecule has 1 aromatic heterocycles. The Bertz CT molecular complexity index is 498. The molecule has 0 radical (unpaired) electrons. The minimum Gasteiger partial charge on any atom is -0.396 e. The van der Waals surface area contributed by atoms with Gasteiger partial charge in [-0.3, -0.25) is 9.98 Å². The molecule has 1 rings (SSSR count). The number of nitrogens with one attached hydrogen (secondary N) is 1. The van der Waals surface area contributed by atoms with Crippen LogP contribution in [-0.2, 0) is 6.54 Å². The zero-order valence-electron chi connectivity index (χ0n) is 16.5. The second kappa shape index (κ2) is 12.1. The molecule has 2 N–H and O–H groups in total. The van der Waals surface area contributed by atoms with E-state index in [4.69, 9.17) is 0 Å². The summed E-state index contributed by atoms with van der Waals surface area (Å²) in [7, 11) is 0. The Morgan fingerprint density at radius 1 is 1.28 bits per heavy atom. The number of aliphatic hydroxyl groups excluding tert-OH is 1. The molecule has 0 aromatic carbocycles. The van der Waals surface area contributed by atoms with Gasteiger partial charge in [0, 0.05) is 37.5 Å². The van der Waals surface area contributed by atoms with Crippen molar-refractivity contribution in [2.45, 2.75) is 47.1 Å². The monoisotopic (exact) mass is 348 g/mol. The number of pyridine rings is 1. The van der Waals surface area contributed by atoms with Gasteiger partial charge >= 0.3 is 0 Å². The molecule has 1 heterocycles. The van der Waals surface area contributed by atoms with E-state index in [2.05, 4.69) is 40.1 Å². The van der Waals surface area contributed by atoms with Crippen LogP contribution in [0, 0.1) is 5.41 Å². The molecule has 0 saturated heterocycles. The zero-order chi connectivity index (χ0) is 18.5. The molecule has 5 heteroatoms. The molecule has 0 spiro atoms. The third-order valence-corrected chi connectivity index (χ3v) is 4.31. The van der Waals surface area contributed by atoms with Crippen LogP contribution >= 0.6 is 0 Å². The summed E-state index contributed by atoms with van der Waals surface area (Å²) >= 11 is 0. The van der Waals surface area contributed by atoms with E-state index in [1.54, 1.807) is 0 Å². The van der Waals surface area contributed by atoms with Gasteiger partial charge in [-0.05, 0) is 56.7 Å². The average Bonchev–Trinajstić information content (AvgIpc) is 2.61. The second-order valence-electron chi connectivity index (χ2n) is 7.28. The van der Waals surface area contributed by atoms with Crippen molar-refractivity contribution in [3.63, 3.8) is 0 Å². The van der Waals surface area contributed by atoms with Gasteiger partial charge in [-0.1, -0.05) is 27.7 Å². The molecule has 0 unspecified atom stereocenters. The first kappa shape index (κ1) is 21.7. The third kappa shape index (κ3) is 9.68. The Balaban J connectivity index is 2.30. The van der Waals surface area contributed by atoms with Gasteiger partial charge < -0.3 is 15.3 Å². The average molecular weight is 349 g/mol. The fourth-order valence-electron chi connectivity index (χ4n) is 2.46. The molecule has 5 nitrogen and oxygen atoms in total. The first-order chi connectivity index (χ1) is 12.0. The van der Waals surface area contributed by atoms with E-state index in [1.807, 2.05) is 32.3 Å². The van der Waals surface area contributed by atoms with Crippen molar-refractivity contribution < 1.29 is 5.11 Å². The molecule has 0 fully saturated rings. The van der Waals surface area contributed by atoms with Crippen molar-refractivity contribution >= 4 is 6.21 Å². The van der Waals surface area contributed by atoms with Crippen LogP contribution < -0.4 is 5.32 Å². The second-order valence-corrected chi connectivity index (χ2v) is 7.28. The lowest BCUT2D eigenvalue weighted by molar-refractivity contribution is 0.167. The molecule has 0 aliphatic heterocycles. The molecule has 0 bridgehead atoms. The number of rotatable bonds is 13.